The highest BCUT2D eigenvalue weighted by atomic mass is 35.5. The van der Waals surface area contributed by atoms with Gasteiger partial charge in [-0.05, 0) is 51.3 Å². The van der Waals surface area contributed by atoms with Gasteiger partial charge in [-0.25, -0.2) is 14.8 Å². The number of aromatic nitrogens is 4. The van der Waals surface area contributed by atoms with E-state index >= 15 is 0 Å². The van der Waals surface area contributed by atoms with Crippen LogP contribution in [0.15, 0.2) is 36.9 Å². The summed E-state index contributed by atoms with van der Waals surface area (Å²) in [6, 6.07) is 3.47. The van der Waals surface area contributed by atoms with Crippen molar-refractivity contribution in [1.82, 2.24) is 30.0 Å². The molecule has 0 saturated carbocycles. The van der Waals surface area contributed by atoms with Gasteiger partial charge in [0.1, 0.15) is 11.4 Å². The van der Waals surface area contributed by atoms with Crippen LogP contribution in [-0.4, -0.2) is 69.5 Å². The number of nitrogens with zero attached hydrogens (tertiary/aromatic N) is 5. The quantitative estimate of drug-likeness (QED) is 0.400. The molecule has 0 atom stereocenters. The number of anilines is 2. The third kappa shape index (κ3) is 7.29. The van der Waals surface area contributed by atoms with Crippen molar-refractivity contribution in [3.8, 4) is 5.75 Å². The summed E-state index contributed by atoms with van der Waals surface area (Å²) in [7, 11) is 3.06. The molecular weight excluding hydrogens is 534 g/mol. The van der Waals surface area contributed by atoms with Gasteiger partial charge in [0.25, 0.3) is 5.91 Å². The number of likely N-dealkylation sites (tertiary alicyclic amines) is 1. The van der Waals surface area contributed by atoms with Crippen LogP contribution in [0, 0.1) is 0 Å². The lowest BCUT2D eigenvalue weighted by molar-refractivity contribution is 0.0184. The average molecular weight is 568 g/mol. The average Bonchev–Trinajstić information content (AvgIpc) is 3.40. The summed E-state index contributed by atoms with van der Waals surface area (Å²) in [5.41, 5.74) is 2.08. The fourth-order valence-electron chi connectivity index (χ4n) is 4.21. The molecule has 1 aliphatic heterocycles. The molecule has 2 amide bonds. The van der Waals surface area contributed by atoms with E-state index in [1.165, 1.54) is 7.11 Å². The summed E-state index contributed by atoms with van der Waals surface area (Å²) >= 11 is 6.43. The number of nitrogens with one attached hydrogen (secondary N) is 2. The molecule has 2 aromatic heterocycles. The van der Waals surface area contributed by atoms with E-state index < -0.39 is 5.60 Å². The number of piperidine rings is 1. The number of amides is 2. The fraction of sp³-hybridized carbons (Fsp3) is 0.393. The minimum atomic E-state index is -0.505. The van der Waals surface area contributed by atoms with E-state index in [0.29, 0.717) is 40.9 Å². The van der Waals surface area contributed by atoms with Gasteiger partial charge in [0.2, 0.25) is 5.95 Å². The predicted molar refractivity (Wildman–Crippen MR) is 154 cm³/mol. The minimum absolute atomic E-state index is 0.190. The Kier molecular flexibility index (Phi) is 8.93. The van der Waals surface area contributed by atoms with Gasteiger partial charge in [-0.3, -0.25) is 9.48 Å². The van der Waals surface area contributed by atoms with Crippen molar-refractivity contribution in [3.05, 3.63) is 58.6 Å². The number of methoxy groups -OCH3 is 1. The Bertz CT molecular complexity index is 1370. The Morgan fingerprint density at radius 1 is 1.10 bits per heavy atom. The van der Waals surface area contributed by atoms with Crippen molar-refractivity contribution in [1.29, 1.82) is 0 Å². The molecule has 0 radical (unpaired) electrons. The molecule has 12 heteroatoms. The molecule has 212 valence electrons. The van der Waals surface area contributed by atoms with Crippen molar-refractivity contribution < 1.29 is 19.1 Å². The smallest absolute Gasteiger partial charge is 0.410 e. The van der Waals surface area contributed by atoms with Crippen LogP contribution in [-0.2, 0) is 4.74 Å². The molecule has 4 rings (SSSR count). The number of rotatable bonds is 7. The van der Waals surface area contributed by atoms with Crippen LogP contribution in [0.3, 0.4) is 0 Å². The molecule has 0 aliphatic carbocycles. The van der Waals surface area contributed by atoms with Gasteiger partial charge in [0.05, 0.1) is 30.1 Å². The first kappa shape index (κ1) is 28.9. The summed E-state index contributed by atoms with van der Waals surface area (Å²) in [6.07, 6.45) is 11.9. The van der Waals surface area contributed by atoms with E-state index in [0.717, 1.165) is 24.1 Å². The number of ether oxygens (including phenoxy) is 2. The van der Waals surface area contributed by atoms with Crippen LogP contribution in [0.25, 0.3) is 12.2 Å². The van der Waals surface area contributed by atoms with Crippen LogP contribution in [0.2, 0.25) is 5.02 Å². The molecule has 0 bridgehead atoms. The highest BCUT2D eigenvalue weighted by molar-refractivity contribution is 6.33. The summed E-state index contributed by atoms with van der Waals surface area (Å²) in [6.45, 7) is 6.84. The van der Waals surface area contributed by atoms with Gasteiger partial charge in [-0.1, -0.05) is 23.8 Å². The molecule has 40 heavy (non-hydrogen) atoms. The largest absolute Gasteiger partial charge is 0.495 e. The maximum Gasteiger partial charge on any atom is 0.410 e. The highest BCUT2D eigenvalue weighted by Crippen LogP contribution is 2.31. The third-order valence-electron chi connectivity index (χ3n) is 6.25. The topological polar surface area (TPSA) is 124 Å². The van der Waals surface area contributed by atoms with Crippen molar-refractivity contribution in [3.63, 3.8) is 0 Å². The van der Waals surface area contributed by atoms with Gasteiger partial charge in [-0.2, -0.15) is 5.10 Å². The zero-order valence-corrected chi connectivity index (χ0v) is 24.0. The number of carbonyl (C=O) groups excluding carboxylic acids is 2. The van der Waals surface area contributed by atoms with Crippen LogP contribution < -0.4 is 15.4 Å². The maximum absolute atomic E-state index is 12.3. The first-order chi connectivity index (χ1) is 19.1. The van der Waals surface area contributed by atoms with Gasteiger partial charge in [0, 0.05) is 49.9 Å². The predicted octanol–water partition coefficient (Wildman–Crippen LogP) is 5.18. The standard InChI is InChI=1S/C28H34ClN7O4/c1-28(2,3)40-27(38)35-10-8-22(9-11-35)36-17-21(16-33-36)34-26-31-14-18(15-32-26)6-7-19-12-20(25(37)30-4)13-23(39-5)24(19)29/h6-7,12-17,22H,8-11H2,1-5H3,(H,30,37)(H,31,32,34)/b7-6+. The SMILES string of the molecule is CNC(=O)c1cc(/C=C/c2cnc(Nc3cnn(C4CCN(C(=O)OC(C)(C)C)CC4)c3)nc2)c(Cl)c(OC)c1. The van der Waals surface area contributed by atoms with Crippen molar-refractivity contribution >= 4 is 47.4 Å². The minimum Gasteiger partial charge on any atom is -0.495 e. The molecule has 1 saturated heterocycles. The molecule has 3 aromatic rings. The monoisotopic (exact) mass is 567 g/mol. The van der Waals surface area contributed by atoms with E-state index in [9.17, 15) is 9.59 Å². The maximum atomic E-state index is 12.3. The van der Waals surface area contributed by atoms with E-state index in [-0.39, 0.29) is 18.0 Å². The molecule has 1 aromatic carbocycles. The van der Waals surface area contributed by atoms with Crippen molar-refractivity contribution in [2.75, 3.05) is 32.6 Å². The lowest BCUT2D eigenvalue weighted by atomic mass is 10.1. The van der Waals surface area contributed by atoms with Crippen molar-refractivity contribution in [2.24, 2.45) is 0 Å². The number of hydrogen-bond donors (Lipinski definition) is 2. The van der Waals surface area contributed by atoms with E-state index in [1.54, 1.807) is 54.8 Å². The molecule has 2 N–H and O–H groups in total. The Hall–Kier alpha value is -4.12. The lowest BCUT2D eigenvalue weighted by Crippen LogP contribution is -2.42. The first-order valence-electron chi connectivity index (χ1n) is 12.9. The molecule has 11 nitrogen and oxygen atoms in total. The normalized spacial score (nSPS) is 14.3. The molecule has 0 spiro atoms. The van der Waals surface area contributed by atoms with Gasteiger partial charge >= 0.3 is 6.09 Å². The lowest BCUT2D eigenvalue weighted by Gasteiger charge is -2.33. The van der Waals surface area contributed by atoms with Crippen LogP contribution in [0.5, 0.6) is 5.75 Å². The molecular formula is C28H34ClN7O4. The zero-order chi connectivity index (χ0) is 28.9. The van der Waals surface area contributed by atoms with E-state index in [2.05, 4.69) is 25.7 Å². The third-order valence-corrected chi connectivity index (χ3v) is 6.66. The van der Waals surface area contributed by atoms with Gasteiger partial charge in [0.15, 0.2) is 0 Å². The van der Waals surface area contributed by atoms with Crippen molar-refractivity contribution in [2.45, 2.75) is 45.3 Å². The Morgan fingerprint density at radius 3 is 2.42 bits per heavy atom. The number of benzene rings is 1. The first-order valence-corrected chi connectivity index (χ1v) is 13.3. The molecule has 3 heterocycles. The summed E-state index contributed by atoms with van der Waals surface area (Å²) in [5.74, 6) is 0.600. The second-order valence-corrected chi connectivity index (χ2v) is 10.7. The van der Waals surface area contributed by atoms with Crippen LogP contribution >= 0.6 is 11.6 Å². The highest BCUT2D eigenvalue weighted by Gasteiger charge is 2.28. The second kappa shape index (κ2) is 12.4. The number of carbonyl (C=O) groups is 2. The number of halogens is 1. The number of hydrogen-bond acceptors (Lipinski definition) is 8. The van der Waals surface area contributed by atoms with Gasteiger partial charge < -0.3 is 25.0 Å². The van der Waals surface area contributed by atoms with E-state index in [1.807, 2.05) is 31.6 Å². The summed E-state index contributed by atoms with van der Waals surface area (Å²) in [4.78, 5) is 34.9. The zero-order valence-electron chi connectivity index (χ0n) is 23.3. The van der Waals surface area contributed by atoms with Gasteiger partial charge in [-0.15, -0.1) is 0 Å². The fourth-order valence-corrected chi connectivity index (χ4v) is 4.46. The van der Waals surface area contributed by atoms with Crippen LogP contribution in [0.1, 0.15) is 61.1 Å². The Balaban J connectivity index is 1.35. The molecule has 0 unspecified atom stereocenters. The Labute approximate surface area is 238 Å². The molecule has 1 fully saturated rings. The summed E-state index contributed by atoms with van der Waals surface area (Å²) < 4.78 is 12.7. The Morgan fingerprint density at radius 2 is 1.80 bits per heavy atom. The van der Waals surface area contributed by atoms with E-state index in [4.69, 9.17) is 21.1 Å². The van der Waals surface area contributed by atoms with Crippen LogP contribution in [0.4, 0.5) is 16.4 Å². The summed E-state index contributed by atoms with van der Waals surface area (Å²) in [5, 5.41) is 10.7. The second-order valence-electron chi connectivity index (χ2n) is 10.4. The molecule has 1 aliphatic rings.